The van der Waals surface area contributed by atoms with Crippen LogP contribution in [0.25, 0.3) is 0 Å². The molecule has 5 heavy (non-hydrogen) atoms. The second-order valence-corrected chi connectivity index (χ2v) is 4.02. The molecule has 0 radical (unpaired) electrons. The fourth-order valence-electron chi connectivity index (χ4n) is 0. The highest BCUT2D eigenvalue weighted by Crippen LogP contribution is 2.14. The lowest BCUT2D eigenvalue weighted by Crippen LogP contribution is -1.48. The van der Waals surface area contributed by atoms with Gasteiger partial charge in [-0.15, -0.1) is 7.92 Å². The maximum atomic E-state index is 2.23. The molecule has 0 aromatic carbocycles. The second kappa shape index (κ2) is 4.39. The Bertz CT molecular complexity index is 11.6. The van der Waals surface area contributed by atoms with E-state index in [9.17, 15) is 0 Å². The molecule has 0 heterocycles. The van der Waals surface area contributed by atoms with Crippen molar-refractivity contribution in [1.82, 2.24) is 0 Å². The molecule has 0 aliphatic carbocycles. The molecule has 0 aromatic rings. The molecule has 2 heteroatoms. The third kappa shape index (κ3) is 165. The molecule has 0 fully saturated rings. The van der Waals surface area contributed by atoms with Crippen molar-refractivity contribution in [3.8, 4) is 0 Å². The van der Waals surface area contributed by atoms with E-state index in [1.165, 1.54) is 0 Å². The maximum absolute atomic E-state index is 2.23. The van der Waals surface area contributed by atoms with Crippen LogP contribution >= 0.6 is 7.92 Å². The summed E-state index contributed by atoms with van der Waals surface area (Å²) in [6.45, 7) is 6.69. The van der Waals surface area contributed by atoms with Crippen molar-refractivity contribution in [3.05, 3.63) is 0 Å². The fraction of sp³-hybridized carbons (Fsp3) is 1.00. The molecule has 0 amide bonds. The molecular weight excluding hydrogens is 83.0 g/mol. The van der Waals surface area contributed by atoms with Gasteiger partial charge < -0.3 is 5.48 Å². The van der Waals surface area contributed by atoms with Gasteiger partial charge in [0.25, 0.3) is 0 Å². The van der Waals surface area contributed by atoms with Crippen molar-refractivity contribution in [2.45, 2.75) is 0 Å². The average molecular weight is 94.1 g/mol. The molecule has 0 atom stereocenters. The Balaban J connectivity index is 0. The van der Waals surface area contributed by atoms with E-state index in [2.05, 4.69) is 20.0 Å². The van der Waals surface area contributed by atoms with Crippen LogP contribution in [-0.4, -0.2) is 25.5 Å². The van der Waals surface area contributed by atoms with E-state index in [0.717, 1.165) is 0 Å². The Labute approximate surface area is 34.4 Å². The molecule has 0 bridgehead atoms. The summed E-state index contributed by atoms with van der Waals surface area (Å²) in [6, 6.07) is 0. The van der Waals surface area contributed by atoms with Crippen molar-refractivity contribution in [2.75, 3.05) is 20.0 Å². The zero-order valence-corrected chi connectivity index (χ0v) is 4.84. The second-order valence-electron chi connectivity index (χ2n) is 1.34. The number of hydrogen-bond acceptors (Lipinski definition) is 0. The summed E-state index contributed by atoms with van der Waals surface area (Å²) in [5.41, 5.74) is 0. The largest absolute Gasteiger partial charge is 0.412 e. The minimum absolute atomic E-state index is 0. The van der Waals surface area contributed by atoms with Crippen molar-refractivity contribution in [2.24, 2.45) is 0 Å². The van der Waals surface area contributed by atoms with Crippen LogP contribution in [0, 0.1) is 0 Å². The zero-order valence-electron chi connectivity index (χ0n) is 3.95. The van der Waals surface area contributed by atoms with Crippen LogP contribution in [0.2, 0.25) is 0 Å². The van der Waals surface area contributed by atoms with Gasteiger partial charge in [-0.1, -0.05) is 0 Å². The van der Waals surface area contributed by atoms with Crippen molar-refractivity contribution >= 4 is 7.92 Å². The van der Waals surface area contributed by atoms with Gasteiger partial charge in [0.15, 0.2) is 0 Å². The highest BCUT2D eigenvalue weighted by Gasteiger charge is 1.65. The molecule has 0 aliphatic rings. The molecule has 0 saturated carbocycles. The van der Waals surface area contributed by atoms with E-state index in [1.54, 1.807) is 0 Å². The van der Waals surface area contributed by atoms with Gasteiger partial charge in [0.2, 0.25) is 0 Å². The SMILES string of the molecule is CP(C)C.O. The highest BCUT2D eigenvalue weighted by atomic mass is 31.1. The molecule has 0 rings (SSSR count). The lowest BCUT2D eigenvalue weighted by Gasteiger charge is -1.81. The molecule has 0 unspecified atom stereocenters. The van der Waals surface area contributed by atoms with Gasteiger partial charge in [-0.05, 0) is 20.0 Å². The summed E-state index contributed by atoms with van der Waals surface area (Å²) >= 11 is 0. The minimum Gasteiger partial charge on any atom is -0.412 e. The predicted octanol–water partition coefficient (Wildman–Crippen LogP) is 0.533. The molecule has 2 N–H and O–H groups in total. The van der Waals surface area contributed by atoms with E-state index in [0.29, 0.717) is 7.92 Å². The molecule has 0 aromatic heterocycles. The van der Waals surface area contributed by atoms with Gasteiger partial charge in [0.1, 0.15) is 0 Å². The van der Waals surface area contributed by atoms with Gasteiger partial charge in [-0.3, -0.25) is 0 Å². The zero-order chi connectivity index (χ0) is 3.58. The molecule has 0 aliphatic heterocycles. The van der Waals surface area contributed by atoms with Crippen LogP contribution in [0.5, 0.6) is 0 Å². The van der Waals surface area contributed by atoms with E-state index in [4.69, 9.17) is 0 Å². The molecule has 0 saturated heterocycles. The Morgan fingerprint density at radius 3 is 1.00 bits per heavy atom. The maximum Gasteiger partial charge on any atom is -0.0449 e. The predicted molar refractivity (Wildman–Crippen MR) is 28.3 cm³/mol. The Hall–Kier alpha value is 0.390. The van der Waals surface area contributed by atoms with Crippen LogP contribution in [0.3, 0.4) is 0 Å². The first-order chi connectivity index (χ1) is 1.73. The number of rotatable bonds is 0. The first kappa shape index (κ1) is 9.04. The average Bonchev–Trinajstić information content (AvgIpc) is 0.811. The van der Waals surface area contributed by atoms with Crippen LogP contribution in [0.1, 0.15) is 0 Å². The smallest absolute Gasteiger partial charge is 0.0449 e. The monoisotopic (exact) mass is 94.1 g/mol. The first-order valence-electron chi connectivity index (χ1n) is 1.34. The van der Waals surface area contributed by atoms with Crippen LogP contribution in [0.4, 0.5) is 0 Å². The van der Waals surface area contributed by atoms with Gasteiger partial charge >= 0.3 is 0 Å². The summed E-state index contributed by atoms with van der Waals surface area (Å²) in [6.07, 6.45) is 0. The topological polar surface area (TPSA) is 31.5 Å². The van der Waals surface area contributed by atoms with Gasteiger partial charge in [0.05, 0.1) is 0 Å². The lowest BCUT2D eigenvalue weighted by molar-refractivity contribution is 0.824. The molecule has 0 spiro atoms. The van der Waals surface area contributed by atoms with Crippen molar-refractivity contribution < 1.29 is 5.48 Å². The summed E-state index contributed by atoms with van der Waals surface area (Å²) in [7, 11) is 0.380. The Morgan fingerprint density at radius 2 is 1.00 bits per heavy atom. The quantitative estimate of drug-likeness (QED) is 0.392. The Morgan fingerprint density at radius 1 is 1.00 bits per heavy atom. The van der Waals surface area contributed by atoms with E-state index in [1.807, 2.05) is 0 Å². The standard InChI is InChI=1S/C3H9P.H2O/c1-4(2)3;/h1-3H3;1H2. The van der Waals surface area contributed by atoms with Crippen molar-refractivity contribution in [1.29, 1.82) is 0 Å². The summed E-state index contributed by atoms with van der Waals surface area (Å²) < 4.78 is 0. The Kier molecular flexibility index (Phi) is 7.94. The van der Waals surface area contributed by atoms with Crippen LogP contribution < -0.4 is 0 Å². The van der Waals surface area contributed by atoms with Crippen LogP contribution in [-0.2, 0) is 0 Å². The summed E-state index contributed by atoms with van der Waals surface area (Å²) in [5.74, 6) is 0. The third-order valence-corrected chi connectivity index (χ3v) is 0. The third-order valence-electron chi connectivity index (χ3n) is 0. The van der Waals surface area contributed by atoms with Crippen molar-refractivity contribution in [3.63, 3.8) is 0 Å². The fourth-order valence-corrected chi connectivity index (χ4v) is 0. The van der Waals surface area contributed by atoms with E-state index in [-0.39, 0.29) is 5.48 Å². The van der Waals surface area contributed by atoms with E-state index >= 15 is 0 Å². The lowest BCUT2D eigenvalue weighted by atomic mass is 11.9. The van der Waals surface area contributed by atoms with Gasteiger partial charge in [0, 0.05) is 0 Å². The normalized spacial score (nSPS) is 7.20. The van der Waals surface area contributed by atoms with Crippen LogP contribution in [0.15, 0.2) is 0 Å². The minimum atomic E-state index is 0. The van der Waals surface area contributed by atoms with Gasteiger partial charge in [-0.25, -0.2) is 0 Å². The molecular formula is C3H11OP. The van der Waals surface area contributed by atoms with Gasteiger partial charge in [-0.2, -0.15) is 0 Å². The summed E-state index contributed by atoms with van der Waals surface area (Å²) in [4.78, 5) is 0. The highest BCUT2D eigenvalue weighted by molar-refractivity contribution is 7.55. The first-order valence-corrected chi connectivity index (χ1v) is 4.02. The van der Waals surface area contributed by atoms with E-state index < -0.39 is 0 Å². The molecule has 1 nitrogen and oxygen atoms in total. The number of hydrogen-bond donors (Lipinski definition) is 0. The summed E-state index contributed by atoms with van der Waals surface area (Å²) in [5, 5.41) is 0. The molecule has 34 valence electrons.